The first-order valence-corrected chi connectivity index (χ1v) is 9.57. The Morgan fingerprint density at radius 3 is 2.40 bits per heavy atom. The van der Waals surface area contributed by atoms with Crippen molar-refractivity contribution in [1.82, 2.24) is 9.88 Å². The van der Waals surface area contributed by atoms with E-state index in [1.807, 2.05) is 0 Å². The van der Waals surface area contributed by atoms with E-state index < -0.39 is 27.5 Å². The summed E-state index contributed by atoms with van der Waals surface area (Å²) in [6.45, 7) is 0. The molecule has 0 saturated heterocycles. The van der Waals surface area contributed by atoms with Crippen LogP contribution in [0.1, 0.15) is 10.4 Å². The second-order valence-corrected chi connectivity index (χ2v) is 7.76. The number of carbonyl (C=O) groups excluding carboxylic acids is 1. The van der Waals surface area contributed by atoms with E-state index in [1.54, 1.807) is 0 Å². The van der Waals surface area contributed by atoms with E-state index in [0.29, 0.717) is 5.56 Å². The van der Waals surface area contributed by atoms with E-state index >= 15 is 0 Å². The van der Waals surface area contributed by atoms with E-state index in [-0.39, 0.29) is 16.6 Å². The minimum absolute atomic E-state index is 0.00146. The van der Waals surface area contributed by atoms with Gasteiger partial charge < -0.3 is 9.92 Å². The van der Waals surface area contributed by atoms with Crippen LogP contribution in [0.5, 0.6) is 5.75 Å². The second kappa shape index (κ2) is 5.77. The van der Waals surface area contributed by atoms with Crippen molar-refractivity contribution in [2.45, 2.75) is 5.54 Å². The van der Waals surface area contributed by atoms with Crippen molar-refractivity contribution < 1.29 is 21.8 Å². The minimum Gasteiger partial charge on any atom is -0.383 e. The molecule has 2 aromatic rings. The Balaban J connectivity index is 2.15. The van der Waals surface area contributed by atoms with Crippen LogP contribution in [0.2, 0.25) is 0 Å². The zero-order valence-corrected chi connectivity index (χ0v) is 14.8. The molecular weight excluding hydrogens is 371 g/mol. The van der Waals surface area contributed by atoms with Gasteiger partial charge in [0.25, 0.3) is 5.91 Å². The monoisotopic (exact) mass is 384 g/mol. The first kappa shape index (κ1) is 17.3. The van der Waals surface area contributed by atoms with Crippen LogP contribution in [0.15, 0.2) is 34.8 Å². The lowest BCUT2D eigenvalue weighted by Crippen LogP contribution is -2.41. The predicted octanol–water partition coefficient (Wildman–Crippen LogP) is 0.651. The number of carbonyl (C=O) groups is 1. The maximum atomic E-state index is 14.2. The highest BCUT2D eigenvalue weighted by Gasteiger charge is 2.52. The molecule has 1 aromatic carbocycles. The van der Waals surface area contributed by atoms with Gasteiger partial charge in [0, 0.05) is 7.05 Å². The number of benzene rings is 1. The highest BCUT2D eigenvalue weighted by molar-refractivity contribution is 7.86. The van der Waals surface area contributed by atoms with Crippen LogP contribution in [0.4, 0.5) is 4.39 Å². The molecule has 2 N–H and O–H groups in total. The van der Waals surface area contributed by atoms with Gasteiger partial charge in [-0.2, -0.15) is 12.8 Å². The molecule has 8 nitrogen and oxygen atoms in total. The van der Waals surface area contributed by atoms with Crippen molar-refractivity contribution in [3.05, 3.63) is 46.2 Å². The number of hydrogen-bond donors (Lipinski definition) is 1. The first-order chi connectivity index (χ1) is 11.6. The summed E-state index contributed by atoms with van der Waals surface area (Å²) in [5.41, 5.74) is 5.65. The fraction of sp³-hybridized carbons (Fsp3) is 0.214. The normalized spacial score (nSPS) is 20.7. The van der Waals surface area contributed by atoms with Crippen LogP contribution in [-0.2, 0) is 20.5 Å². The van der Waals surface area contributed by atoms with Crippen molar-refractivity contribution in [3.63, 3.8) is 0 Å². The molecule has 11 heteroatoms. The number of aromatic nitrogens is 1. The van der Waals surface area contributed by atoms with Gasteiger partial charge in [-0.3, -0.25) is 9.69 Å². The minimum atomic E-state index is -3.69. The van der Waals surface area contributed by atoms with E-state index in [4.69, 9.17) is 9.92 Å². The lowest BCUT2D eigenvalue weighted by molar-refractivity contribution is -0.129. The average molecular weight is 384 g/mol. The Hall–Kier alpha value is -2.53. The summed E-state index contributed by atoms with van der Waals surface area (Å²) < 4.78 is 41.3. The fourth-order valence-corrected chi connectivity index (χ4v) is 3.78. The third-order valence-electron chi connectivity index (χ3n) is 3.61. The number of guanidine groups is 1. The van der Waals surface area contributed by atoms with E-state index in [9.17, 15) is 17.6 Å². The molecule has 132 valence electrons. The molecule has 25 heavy (non-hydrogen) atoms. The van der Waals surface area contributed by atoms with Crippen LogP contribution in [-0.4, -0.2) is 43.5 Å². The van der Waals surface area contributed by atoms with Crippen molar-refractivity contribution in [3.8, 4) is 5.75 Å². The average Bonchev–Trinajstić information content (AvgIpc) is 3.05. The van der Waals surface area contributed by atoms with Gasteiger partial charge >= 0.3 is 10.1 Å². The molecular formula is C14H13FN4O4S2. The van der Waals surface area contributed by atoms with Crippen LogP contribution < -0.4 is 9.92 Å². The van der Waals surface area contributed by atoms with Crippen molar-refractivity contribution >= 4 is 33.3 Å². The maximum Gasteiger partial charge on any atom is 0.306 e. The largest absolute Gasteiger partial charge is 0.383 e. The number of halogens is 1. The number of likely N-dealkylation sites (N-methyl/N-ethyl adjacent to an activating group) is 1. The van der Waals surface area contributed by atoms with Crippen molar-refractivity contribution in [1.29, 1.82) is 0 Å². The highest BCUT2D eigenvalue weighted by Crippen LogP contribution is 2.42. The summed E-state index contributed by atoms with van der Waals surface area (Å²) in [4.78, 5) is 21.7. The molecule has 0 spiro atoms. The maximum absolute atomic E-state index is 14.2. The lowest BCUT2D eigenvalue weighted by Gasteiger charge is -2.24. The topological polar surface area (TPSA) is 115 Å². The van der Waals surface area contributed by atoms with Gasteiger partial charge in [-0.05, 0) is 17.7 Å². The second-order valence-electron chi connectivity index (χ2n) is 5.33. The molecule has 0 saturated carbocycles. The summed E-state index contributed by atoms with van der Waals surface area (Å²) in [7, 11) is -2.26. The number of nitrogens with zero attached hydrogens (tertiary/aromatic N) is 3. The zero-order valence-electron chi connectivity index (χ0n) is 13.1. The van der Waals surface area contributed by atoms with Crippen LogP contribution in [0.25, 0.3) is 0 Å². The standard InChI is InChI=1S/C14H13FN4O4S2/c1-19-12(20)14(18-13(19)16,10-11(15)17-7-24-10)8-3-5-9(6-4-8)23-25(2,21)22/h3-7H,1-2H3,(H2,16,18). The summed E-state index contributed by atoms with van der Waals surface area (Å²) in [5, 5.41) is 0. The number of aliphatic imine (C=N–C) groups is 1. The van der Waals surface area contributed by atoms with Gasteiger partial charge in [-0.1, -0.05) is 12.1 Å². The molecule has 0 aliphatic carbocycles. The summed E-state index contributed by atoms with van der Waals surface area (Å²) in [6, 6.07) is 5.59. The Kier molecular flexibility index (Phi) is 4.00. The smallest absolute Gasteiger partial charge is 0.306 e. The van der Waals surface area contributed by atoms with Crippen LogP contribution in [0, 0.1) is 5.95 Å². The van der Waals surface area contributed by atoms with Gasteiger partial charge in [0.15, 0.2) is 5.96 Å². The quantitative estimate of drug-likeness (QED) is 0.774. The molecule has 1 aliphatic rings. The van der Waals surface area contributed by atoms with Crippen molar-refractivity contribution in [2.24, 2.45) is 10.7 Å². The Bertz CT molecular complexity index is 971. The summed E-state index contributed by atoms with van der Waals surface area (Å²) in [6.07, 6.45) is 0.912. The number of thiazole rings is 1. The third kappa shape index (κ3) is 2.85. The van der Waals surface area contributed by atoms with Crippen LogP contribution in [0.3, 0.4) is 0 Å². The zero-order chi connectivity index (χ0) is 18.4. The van der Waals surface area contributed by atoms with Gasteiger partial charge in [0.05, 0.1) is 11.8 Å². The molecule has 0 fully saturated rings. The SMILES string of the molecule is CN1C(=O)C(c2ccc(OS(C)(=O)=O)cc2)(c2scnc2F)N=C1N. The molecule has 0 radical (unpaired) electrons. The summed E-state index contributed by atoms with van der Waals surface area (Å²) in [5.74, 6) is -1.36. The van der Waals surface area contributed by atoms with Crippen molar-refractivity contribution in [2.75, 3.05) is 13.3 Å². The highest BCUT2D eigenvalue weighted by atomic mass is 32.2. The molecule has 1 atom stereocenters. The van der Waals surface area contributed by atoms with Gasteiger partial charge in [0.1, 0.15) is 10.6 Å². The number of amides is 1. The third-order valence-corrected chi connectivity index (χ3v) is 5.02. The summed E-state index contributed by atoms with van der Waals surface area (Å²) >= 11 is 0.939. The van der Waals surface area contributed by atoms with E-state index in [0.717, 1.165) is 22.5 Å². The molecule has 0 bridgehead atoms. The van der Waals surface area contributed by atoms with Gasteiger partial charge in [-0.15, -0.1) is 11.3 Å². The first-order valence-electron chi connectivity index (χ1n) is 6.88. The Morgan fingerprint density at radius 2 is 1.96 bits per heavy atom. The number of rotatable bonds is 4. The number of nitrogens with two attached hydrogens (primary N) is 1. The predicted molar refractivity (Wildman–Crippen MR) is 89.2 cm³/mol. The van der Waals surface area contributed by atoms with E-state index in [2.05, 4.69) is 9.98 Å². The molecule has 1 amide bonds. The van der Waals surface area contributed by atoms with Gasteiger partial charge in [0.2, 0.25) is 11.5 Å². The molecule has 2 heterocycles. The lowest BCUT2D eigenvalue weighted by atomic mass is 9.88. The van der Waals surface area contributed by atoms with Gasteiger partial charge in [-0.25, -0.2) is 9.98 Å². The number of hydrogen-bond acceptors (Lipinski definition) is 8. The molecule has 1 unspecified atom stereocenters. The molecule has 3 rings (SSSR count). The molecule has 1 aliphatic heterocycles. The molecule has 1 aromatic heterocycles. The van der Waals surface area contributed by atoms with Crippen LogP contribution >= 0.6 is 11.3 Å². The fourth-order valence-electron chi connectivity index (χ4n) is 2.50. The Morgan fingerprint density at radius 1 is 1.32 bits per heavy atom. The van der Waals surface area contributed by atoms with E-state index in [1.165, 1.54) is 36.8 Å². The Labute approximate surface area is 146 Å².